The monoisotopic (exact) mass is 312 g/mol. The van der Waals surface area contributed by atoms with Crippen molar-refractivity contribution in [2.45, 2.75) is 0 Å². The van der Waals surface area contributed by atoms with Crippen molar-refractivity contribution >= 4 is 27.5 Å². The van der Waals surface area contributed by atoms with Gasteiger partial charge in [-0.05, 0) is 40.2 Å². The lowest BCUT2D eigenvalue weighted by Crippen LogP contribution is -2.12. The van der Waals surface area contributed by atoms with Crippen molar-refractivity contribution in [3.05, 3.63) is 58.3 Å². The highest BCUT2D eigenvalue weighted by Gasteiger charge is 2.08. The van der Waals surface area contributed by atoms with Gasteiger partial charge in [0.2, 0.25) is 0 Å². The van der Waals surface area contributed by atoms with Gasteiger partial charge in [-0.15, -0.1) is 0 Å². The molecule has 2 rings (SSSR count). The van der Waals surface area contributed by atoms with Crippen LogP contribution in [0.1, 0.15) is 10.4 Å². The third-order valence-electron chi connectivity index (χ3n) is 2.17. The highest BCUT2D eigenvalue weighted by Crippen LogP contribution is 2.14. The van der Waals surface area contributed by atoms with Crippen LogP contribution in [-0.4, -0.2) is 10.9 Å². The molecule has 6 heteroatoms. The number of nitrogens with one attached hydrogen (secondary N) is 1. The minimum atomic E-state index is -1.01. The number of aromatic nitrogens is 1. The Morgan fingerprint density at radius 3 is 2.56 bits per heavy atom. The van der Waals surface area contributed by atoms with Crippen LogP contribution in [0.3, 0.4) is 0 Å². The zero-order chi connectivity index (χ0) is 13.1. The minimum absolute atomic E-state index is 0.182. The first-order valence-corrected chi connectivity index (χ1v) is 5.73. The maximum Gasteiger partial charge on any atom is 0.257 e. The van der Waals surface area contributed by atoms with Crippen molar-refractivity contribution in [1.82, 2.24) is 4.98 Å². The molecule has 1 amide bonds. The Morgan fingerprint density at radius 2 is 1.94 bits per heavy atom. The van der Waals surface area contributed by atoms with E-state index in [1.807, 2.05) is 0 Å². The molecule has 0 fully saturated rings. The quantitative estimate of drug-likeness (QED) is 0.864. The summed E-state index contributed by atoms with van der Waals surface area (Å²) in [7, 11) is 0. The Kier molecular flexibility index (Phi) is 3.66. The molecule has 1 heterocycles. The maximum atomic E-state index is 12.9. The zero-order valence-corrected chi connectivity index (χ0v) is 10.5. The Hall–Kier alpha value is -1.82. The number of carbonyl (C=O) groups is 1. The van der Waals surface area contributed by atoms with Gasteiger partial charge in [0.05, 0.1) is 5.56 Å². The summed E-state index contributed by atoms with van der Waals surface area (Å²) in [5.74, 6) is -2.42. The molecule has 0 atom stereocenters. The zero-order valence-electron chi connectivity index (χ0n) is 8.95. The van der Waals surface area contributed by atoms with E-state index in [0.29, 0.717) is 10.2 Å². The number of benzene rings is 1. The average Bonchev–Trinajstić information content (AvgIpc) is 2.34. The molecule has 18 heavy (non-hydrogen) atoms. The van der Waals surface area contributed by atoms with E-state index in [4.69, 9.17) is 0 Å². The van der Waals surface area contributed by atoms with E-state index in [2.05, 4.69) is 26.2 Å². The largest absolute Gasteiger partial charge is 0.322 e. The SMILES string of the molecule is O=C(Nc1ccc(F)c(F)c1)c1ccc(Br)nc1. The van der Waals surface area contributed by atoms with Crippen LogP contribution in [0, 0.1) is 11.6 Å². The molecule has 0 unspecified atom stereocenters. The van der Waals surface area contributed by atoms with E-state index >= 15 is 0 Å². The summed E-state index contributed by atoms with van der Waals surface area (Å²) in [6, 6.07) is 6.32. The third kappa shape index (κ3) is 2.89. The number of anilines is 1. The number of hydrogen-bond donors (Lipinski definition) is 1. The molecule has 2 aromatic rings. The molecule has 3 nitrogen and oxygen atoms in total. The molecule has 1 N–H and O–H groups in total. The van der Waals surface area contributed by atoms with Crippen LogP contribution < -0.4 is 5.32 Å². The predicted octanol–water partition coefficient (Wildman–Crippen LogP) is 3.37. The van der Waals surface area contributed by atoms with Crippen molar-refractivity contribution < 1.29 is 13.6 Å². The first kappa shape index (κ1) is 12.6. The van der Waals surface area contributed by atoms with E-state index in [1.165, 1.54) is 12.3 Å². The highest BCUT2D eigenvalue weighted by atomic mass is 79.9. The van der Waals surface area contributed by atoms with Crippen LogP contribution in [0.5, 0.6) is 0 Å². The molecule has 0 saturated heterocycles. The van der Waals surface area contributed by atoms with Gasteiger partial charge in [-0.1, -0.05) is 0 Å². The Bertz CT molecular complexity index is 587. The fourth-order valence-corrected chi connectivity index (χ4v) is 1.52. The van der Waals surface area contributed by atoms with Gasteiger partial charge in [0.1, 0.15) is 4.60 Å². The molecule has 1 aromatic heterocycles. The fraction of sp³-hybridized carbons (Fsp3) is 0. The number of pyridine rings is 1. The first-order valence-electron chi connectivity index (χ1n) is 4.94. The van der Waals surface area contributed by atoms with Crippen LogP contribution in [0.15, 0.2) is 41.1 Å². The molecule has 0 spiro atoms. The summed E-state index contributed by atoms with van der Waals surface area (Å²) in [6.45, 7) is 0. The van der Waals surface area contributed by atoms with Crippen molar-refractivity contribution in [2.24, 2.45) is 0 Å². The van der Waals surface area contributed by atoms with Crippen molar-refractivity contribution in [3.8, 4) is 0 Å². The van der Waals surface area contributed by atoms with Crippen LogP contribution >= 0.6 is 15.9 Å². The Morgan fingerprint density at radius 1 is 1.17 bits per heavy atom. The number of nitrogens with zero attached hydrogens (tertiary/aromatic N) is 1. The van der Waals surface area contributed by atoms with Crippen LogP contribution in [0.2, 0.25) is 0 Å². The standard InChI is InChI=1S/C12H7BrF2N2O/c13-11-4-1-7(6-16-11)12(18)17-8-2-3-9(14)10(15)5-8/h1-6H,(H,17,18). The average molecular weight is 313 g/mol. The van der Waals surface area contributed by atoms with Crippen LogP contribution in [0.4, 0.5) is 14.5 Å². The Labute approximate surface area is 110 Å². The van der Waals surface area contributed by atoms with E-state index < -0.39 is 17.5 Å². The fourth-order valence-electron chi connectivity index (χ4n) is 1.29. The van der Waals surface area contributed by atoms with E-state index in [1.54, 1.807) is 12.1 Å². The molecule has 0 aliphatic heterocycles. The number of carbonyl (C=O) groups excluding carboxylic acids is 1. The smallest absolute Gasteiger partial charge is 0.257 e. The topological polar surface area (TPSA) is 42.0 Å². The van der Waals surface area contributed by atoms with E-state index in [9.17, 15) is 13.6 Å². The normalized spacial score (nSPS) is 10.2. The van der Waals surface area contributed by atoms with Gasteiger partial charge in [-0.2, -0.15) is 0 Å². The first-order chi connectivity index (χ1) is 8.56. The van der Waals surface area contributed by atoms with Crippen molar-refractivity contribution in [3.63, 3.8) is 0 Å². The predicted molar refractivity (Wildman–Crippen MR) is 66.2 cm³/mol. The Balaban J connectivity index is 2.16. The molecular weight excluding hydrogens is 306 g/mol. The minimum Gasteiger partial charge on any atom is -0.322 e. The lowest BCUT2D eigenvalue weighted by Gasteiger charge is -2.05. The molecule has 0 aliphatic rings. The van der Waals surface area contributed by atoms with Gasteiger partial charge in [-0.25, -0.2) is 13.8 Å². The molecular formula is C12H7BrF2N2O. The molecule has 0 saturated carbocycles. The summed E-state index contributed by atoms with van der Waals surface area (Å²) in [6.07, 6.45) is 1.37. The second-order valence-electron chi connectivity index (χ2n) is 3.45. The molecule has 92 valence electrons. The van der Waals surface area contributed by atoms with E-state index in [-0.39, 0.29) is 5.69 Å². The second-order valence-corrected chi connectivity index (χ2v) is 4.27. The summed E-state index contributed by atoms with van der Waals surface area (Å²) >= 11 is 3.14. The molecule has 0 bridgehead atoms. The van der Waals surface area contributed by atoms with Gasteiger partial charge >= 0.3 is 0 Å². The van der Waals surface area contributed by atoms with Crippen molar-refractivity contribution in [2.75, 3.05) is 5.32 Å². The summed E-state index contributed by atoms with van der Waals surface area (Å²) in [5, 5.41) is 2.44. The lowest BCUT2D eigenvalue weighted by molar-refractivity contribution is 0.102. The summed E-state index contributed by atoms with van der Waals surface area (Å²) in [5.41, 5.74) is 0.504. The van der Waals surface area contributed by atoms with Gasteiger partial charge < -0.3 is 5.32 Å². The van der Waals surface area contributed by atoms with Gasteiger partial charge in [0.25, 0.3) is 5.91 Å². The lowest BCUT2D eigenvalue weighted by atomic mass is 10.2. The summed E-state index contributed by atoms with van der Waals surface area (Å²) < 4.78 is 26.2. The number of amides is 1. The number of rotatable bonds is 2. The maximum absolute atomic E-state index is 12.9. The van der Waals surface area contributed by atoms with Crippen LogP contribution in [0.25, 0.3) is 0 Å². The van der Waals surface area contributed by atoms with Gasteiger partial charge in [0, 0.05) is 18.0 Å². The van der Waals surface area contributed by atoms with Crippen molar-refractivity contribution in [1.29, 1.82) is 0 Å². The number of halogens is 3. The molecule has 1 aromatic carbocycles. The summed E-state index contributed by atoms with van der Waals surface area (Å²) in [4.78, 5) is 15.6. The molecule has 0 aliphatic carbocycles. The third-order valence-corrected chi connectivity index (χ3v) is 2.64. The van der Waals surface area contributed by atoms with Crippen LogP contribution in [-0.2, 0) is 0 Å². The van der Waals surface area contributed by atoms with Gasteiger partial charge in [-0.3, -0.25) is 4.79 Å². The van der Waals surface area contributed by atoms with E-state index in [0.717, 1.165) is 12.1 Å². The second kappa shape index (κ2) is 5.22. The molecule has 0 radical (unpaired) electrons. The number of hydrogen-bond acceptors (Lipinski definition) is 2. The highest BCUT2D eigenvalue weighted by molar-refractivity contribution is 9.10. The van der Waals surface area contributed by atoms with Gasteiger partial charge in [0.15, 0.2) is 11.6 Å².